The first-order valence-corrected chi connectivity index (χ1v) is 10.1. The molecule has 27 heavy (non-hydrogen) atoms. The Kier molecular flexibility index (Phi) is 3.86. The molecule has 2 aromatic rings. The summed E-state index contributed by atoms with van der Waals surface area (Å²) in [7, 11) is 0. The van der Waals surface area contributed by atoms with E-state index in [0.717, 1.165) is 47.6 Å². The molecular weight excluding hydrogens is 337 g/mol. The van der Waals surface area contributed by atoms with Crippen LogP contribution in [-0.2, 0) is 0 Å². The smallest absolute Gasteiger partial charge is 0.124 e. The van der Waals surface area contributed by atoms with E-state index in [-0.39, 0.29) is 5.82 Å². The maximum Gasteiger partial charge on any atom is 0.124 e. The fourth-order valence-corrected chi connectivity index (χ4v) is 4.64. The molecule has 3 nitrogen and oxygen atoms in total. The van der Waals surface area contributed by atoms with Crippen LogP contribution >= 0.6 is 0 Å². The van der Waals surface area contributed by atoms with Crippen molar-refractivity contribution in [2.45, 2.75) is 51.1 Å². The number of aromatic nitrogens is 1. The summed E-state index contributed by atoms with van der Waals surface area (Å²) in [5.41, 5.74) is 3.71. The number of allylic oxidation sites excluding steroid dienone is 2. The number of nitrogens with zero attached hydrogens (tertiary/aromatic N) is 3. The van der Waals surface area contributed by atoms with Crippen LogP contribution in [0, 0.1) is 23.1 Å². The number of benzene rings is 1. The van der Waals surface area contributed by atoms with Gasteiger partial charge in [-0.15, -0.1) is 0 Å². The molecule has 2 saturated carbocycles. The second kappa shape index (κ2) is 6.27. The lowest BCUT2D eigenvalue weighted by atomic mass is 9.92. The van der Waals surface area contributed by atoms with Crippen molar-refractivity contribution in [2.75, 3.05) is 6.54 Å². The van der Waals surface area contributed by atoms with Gasteiger partial charge in [0.15, 0.2) is 0 Å². The lowest BCUT2D eigenvalue weighted by Crippen LogP contribution is -2.36. The molecule has 0 N–H and O–H groups in total. The summed E-state index contributed by atoms with van der Waals surface area (Å²) < 4.78 is 16.3. The van der Waals surface area contributed by atoms with Crippen LogP contribution in [-0.4, -0.2) is 22.1 Å². The normalized spacial score (nSPS) is 21.1. The number of rotatable bonds is 4. The third-order valence-electron chi connectivity index (χ3n) is 6.56. The molecule has 5 rings (SSSR count). The summed E-state index contributed by atoms with van der Waals surface area (Å²) in [5, 5.41) is 10.8. The van der Waals surface area contributed by atoms with Crippen LogP contribution in [0.15, 0.2) is 36.4 Å². The van der Waals surface area contributed by atoms with E-state index in [4.69, 9.17) is 0 Å². The summed E-state index contributed by atoms with van der Waals surface area (Å²) >= 11 is 0. The van der Waals surface area contributed by atoms with Gasteiger partial charge in [-0.3, -0.25) is 0 Å². The van der Waals surface area contributed by atoms with Crippen LogP contribution in [0.25, 0.3) is 16.6 Å². The van der Waals surface area contributed by atoms with Gasteiger partial charge in [0.05, 0.1) is 22.5 Å². The van der Waals surface area contributed by atoms with Crippen LogP contribution in [0.2, 0.25) is 0 Å². The first-order chi connectivity index (χ1) is 13.2. The monoisotopic (exact) mass is 361 g/mol. The molecule has 4 heteroatoms. The number of nitriles is 1. The summed E-state index contributed by atoms with van der Waals surface area (Å²) in [6.45, 7) is 3.17. The zero-order chi connectivity index (χ0) is 18.5. The Morgan fingerprint density at radius 3 is 2.70 bits per heavy atom. The van der Waals surface area contributed by atoms with Gasteiger partial charge in [0.25, 0.3) is 0 Å². The highest BCUT2D eigenvalue weighted by atomic mass is 19.1. The van der Waals surface area contributed by atoms with Gasteiger partial charge in [-0.1, -0.05) is 12.2 Å². The molecule has 1 aromatic heterocycles. The molecule has 3 aliphatic rings. The lowest BCUT2D eigenvalue weighted by molar-refractivity contribution is 0.293. The molecule has 2 fully saturated rings. The summed E-state index contributed by atoms with van der Waals surface area (Å²) in [6.07, 6.45) is 12.5. The molecule has 0 amide bonds. The van der Waals surface area contributed by atoms with Crippen LogP contribution in [0.4, 0.5) is 4.39 Å². The van der Waals surface area contributed by atoms with Crippen molar-refractivity contribution in [1.29, 1.82) is 5.26 Å². The molecule has 1 aromatic carbocycles. The molecule has 2 heterocycles. The van der Waals surface area contributed by atoms with Crippen molar-refractivity contribution in [2.24, 2.45) is 5.92 Å². The molecule has 0 spiro atoms. The second-order valence-corrected chi connectivity index (χ2v) is 8.16. The van der Waals surface area contributed by atoms with Crippen LogP contribution < -0.4 is 0 Å². The molecular formula is C23H24FN3. The molecule has 0 saturated heterocycles. The Morgan fingerprint density at radius 1 is 1.22 bits per heavy atom. The lowest BCUT2D eigenvalue weighted by Gasteiger charge is -2.37. The quantitative estimate of drug-likeness (QED) is 0.731. The van der Waals surface area contributed by atoms with Gasteiger partial charge >= 0.3 is 0 Å². The van der Waals surface area contributed by atoms with E-state index in [1.807, 2.05) is 6.07 Å². The Bertz CT molecular complexity index is 999. The molecule has 0 bridgehead atoms. The first-order valence-electron chi connectivity index (χ1n) is 10.1. The summed E-state index contributed by atoms with van der Waals surface area (Å²) in [4.78, 5) is 2.44. The van der Waals surface area contributed by atoms with Crippen molar-refractivity contribution in [3.05, 3.63) is 53.5 Å². The minimum absolute atomic E-state index is 0.281. The van der Waals surface area contributed by atoms with Gasteiger partial charge in [0, 0.05) is 24.0 Å². The number of fused-ring (bicyclic) bond motifs is 1. The zero-order valence-corrected chi connectivity index (χ0v) is 15.7. The number of halogens is 1. The fraction of sp³-hybridized carbons (Fsp3) is 0.435. The minimum atomic E-state index is -0.281. The average Bonchev–Trinajstić information content (AvgIpc) is 3.44. The SMILES string of the molecule is C[C@@H](C1CC1)N1CC=CC=C1c1c(C#N)c2cc(F)ccc2n1C1CCC1. The average molecular weight is 361 g/mol. The fourth-order valence-electron chi connectivity index (χ4n) is 4.64. The van der Waals surface area contributed by atoms with Crippen LogP contribution in [0.1, 0.15) is 56.3 Å². The van der Waals surface area contributed by atoms with E-state index >= 15 is 0 Å². The van der Waals surface area contributed by atoms with Crippen LogP contribution in [0.3, 0.4) is 0 Å². The maximum atomic E-state index is 14.0. The van der Waals surface area contributed by atoms with Crippen molar-refractivity contribution in [1.82, 2.24) is 9.47 Å². The Morgan fingerprint density at radius 2 is 2.04 bits per heavy atom. The summed E-state index contributed by atoms with van der Waals surface area (Å²) in [5.74, 6) is 0.460. The molecule has 1 atom stereocenters. The predicted octanol–water partition coefficient (Wildman–Crippen LogP) is 5.39. The van der Waals surface area contributed by atoms with Gasteiger partial charge in [-0.2, -0.15) is 5.26 Å². The topological polar surface area (TPSA) is 32.0 Å². The van der Waals surface area contributed by atoms with E-state index in [0.29, 0.717) is 17.6 Å². The van der Waals surface area contributed by atoms with Gasteiger partial charge < -0.3 is 9.47 Å². The third-order valence-corrected chi connectivity index (χ3v) is 6.56. The Hall–Kier alpha value is -2.54. The zero-order valence-electron chi connectivity index (χ0n) is 15.7. The standard InChI is InChI=1S/C23H24FN3/c1-15(16-8-9-16)26-12-3-2-7-22(26)23-20(14-25)19-13-17(24)10-11-21(19)27(23)18-5-4-6-18/h2-3,7,10-11,13,15-16,18H,4-6,8-9,12H2,1H3/t15-/m0/s1. The highest BCUT2D eigenvalue weighted by molar-refractivity contribution is 5.93. The van der Waals surface area contributed by atoms with Crippen molar-refractivity contribution < 1.29 is 4.39 Å². The van der Waals surface area contributed by atoms with Crippen molar-refractivity contribution >= 4 is 16.6 Å². The number of hydrogen-bond donors (Lipinski definition) is 0. The predicted molar refractivity (Wildman–Crippen MR) is 106 cm³/mol. The van der Waals surface area contributed by atoms with Gasteiger partial charge in [-0.25, -0.2) is 4.39 Å². The Labute approximate surface area is 159 Å². The molecule has 0 unspecified atom stereocenters. The van der Waals surface area contributed by atoms with Gasteiger partial charge in [-0.05, 0) is 69.2 Å². The second-order valence-electron chi connectivity index (χ2n) is 8.16. The van der Waals surface area contributed by atoms with E-state index in [9.17, 15) is 9.65 Å². The molecule has 2 aliphatic carbocycles. The highest BCUT2D eigenvalue weighted by Gasteiger charge is 2.36. The highest BCUT2D eigenvalue weighted by Crippen LogP contribution is 2.44. The largest absolute Gasteiger partial charge is 0.363 e. The van der Waals surface area contributed by atoms with E-state index < -0.39 is 0 Å². The number of hydrogen-bond acceptors (Lipinski definition) is 2. The van der Waals surface area contributed by atoms with E-state index in [1.54, 1.807) is 0 Å². The van der Waals surface area contributed by atoms with Crippen molar-refractivity contribution in [3.8, 4) is 6.07 Å². The minimum Gasteiger partial charge on any atom is -0.363 e. The molecule has 0 radical (unpaired) electrons. The van der Waals surface area contributed by atoms with Gasteiger partial charge in [0.2, 0.25) is 0 Å². The first kappa shape index (κ1) is 16.6. The van der Waals surface area contributed by atoms with Crippen LogP contribution in [0.5, 0.6) is 0 Å². The van der Waals surface area contributed by atoms with E-state index in [2.05, 4.69) is 40.7 Å². The third kappa shape index (κ3) is 2.60. The Balaban J connectivity index is 1.74. The van der Waals surface area contributed by atoms with Gasteiger partial charge in [0.1, 0.15) is 11.9 Å². The summed E-state index contributed by atoms with van der Waals surface area (Å²) in [6, 6.07) is 8.16. The molecule has 138 valence electrons. The molecule has 1 aliphatic heterocycles. The van der Waals surface area contributed by atoms with Crippen molar-refractivity contribution in [3.63, 3.8) is 0 Å². The van der Waals surface area contributed by atoms with E-state index in [1.165, 1.54) is 31.4 Å². The maximum absolute atomic E-state index is 14.0.